The Balaban J connectivity index is 1.10. The van der Waals surface area contributed by atoms with Gasteiger partial charge in [-0.05, 0) is 41.8 Å². The topological polar surface area (TPSA) is 25.3 Å². The molecule has 204 valence electrons. The van der Waals surface area contributed by atoms with E-state index in [0.717, 1.165) is 63.0 Å². The molecule has 5 heteroatoms. The quantitative estimate of drug-likeness (QED) is 0.268. The fourth-order valence-electron chi connectivity index (χ4n) is 6.08. The van der Waals surface area contributed by atoms with Crippen LogP contribution in [-0.4, -0.2) is 73.0 Å². The van der Waals surface area contributed by atoms with Crippen LogP contribution in [0.4, 0.5) is 11.4 Å². The number of para-hydroxylation sites is 2. The summed E-state index contributed by atoms with van der Waals surface area (Å²) in [5.74, 6) is 1.03. The largest absolute Gasteiger partial charge is 0.343 e. The molecule has 1 atom stereocenters. The van der Waals surface area contributed by atoms with Crippen LogP contribution in [0.1, 0.15) is 23.6 Å². The predicted octanol–water partition coefficient (Wildman–Crippen LogP) is 6.29. The molecule has 0 bridgehead atoms. The fourth-order valence-corrected chi connectivity index (χ4v) is 6.08. The van der Waals surface area contributed by atoms with Crippen molar-refractivity contribution in [1.82, 2.24) is 14.7 Å². The number of hydrogen-bond donors (Lipinski definition) is 0. The molecule has 1 unspecified atom stereocenters. The van der Waals surface area contributed by atoms with E-state index in [0.29, 0.717) is 12.1 Å². The first-order valence-electron chi connectivity index (χ1n) is 14.5. The second kappa shape index (κ2) is 12.5. The lowest BCUT2D eigenvalue weighted by Crippen LogP contribution is -2.48. The van der Waals surface area contributed by atoms with E-state index in [1.807, 2.05) is 0 Å². The van der Waals surface area contributed by atoms with Gasteiger partial charge in [0.2, 0.25) is 5.96 Å². The number of nitrogens with zero attached hydrogens (tertiary/aromatic N) is 5. The first-order chi connectivity index (χ1) is 19.8. The number of likely N-dealkylation sites (N-methyl/N-ethyl adjacent to an activating group) is 1. The van der Waals surface area contributed by atoms with Crippen molar-refractivity contribution >= 4 is 17.3 Å². The molecule has 0 radical (unpaired) electrons. The first-order valence-corrected chi connectivity index (χ1v) is 14.5. The third-order valence-corrected chi connectivity index (χ3v) is 8.13. The summed E-state index contributed by atoms with van der Waals surface area (Å²) >= 11 is 0. The predicted molar refractivity (Wildman–Crippen MR) is 166 cm³/mol. The van der Waals surface area contributed by atoms with E-state index in [1.165, 1.54) is 11.1 Å². The number of hydrogen-bond acceptors (Lipinski definition) is 5. The Morgan fingerprint density at radius 3 is 1.65 bits per heavy atom. The highest BCUT2D eigenvalue weighted by molar-refractivity contribution is 6.03. The van der Waals surface area contributed by atoms with Crippen LogP contribution in [-0.2, 0) is 0 Å². The van der Waals surface area contributed by atoms with Crippen LogP contribution in [0.3, 0.4) is 0 Å². The molecule has 0 saturated carbocycles. The van der Waals surface area contributed by atoms with Crippen LogP contribution in [0.2, 0.25) is 0 Å². The maximum atomic E-state index is 5.26. The van der Waals surface area contributed by atoms with E-state index < -0.39 is 0 Å². The summed E-state index contributed by atoms with van der Waals surface area (Å²) in [5, 5.41) is 0. The Hall–Kier alpha value is -3.93. The molecule has 40 heavy (non-hydrogen) atoms. The van der Waals surface area contributed by atoms with Crippen molar-refractivity contribution in [2.75, 3.05) is 51.2 Å². The molecule has 4 aromatic rings. The smallest absolute Gasteiger partial charge is 0.206 e. The van der Waals surface area contributed by atoms with Crippen molar-refractivity contribution in [3.05, 3.63) is 132 Å². The van der Waals surface area contributed by atoms with Gasteiger partial charge >= 0.3 is 0 Å². The Morgan fingerprint density at radius 1 is 0.675 bits per heavy atom. The molecule has 0 aliphatic carbocycles. The molecule has 0 spiro atoms. The molecule has 0 aromatic heterocycles. The zero-order valence-electron chi connectivity index (χ0n) is 23.4. The second-order valence-electron chi connectivity index (χ2n) is 10.9. The first kappa shape index (κ1) is 26.3. The lowest BCUT2D eigenvalue weighted by atomic mass is 9.96. The van der Waals surface area contributed by atoms with E-state index >= 15 is 0 Å². The minimum absolute atomic E-state index is 0.300. The fraction of sp³-hybridized carbons (Fsp3) is 0.286. The van der Waals surface area contributed by atoms with Crippen LogP contribution in [0.5, 0.6) is 0 Å². The van der Waals surface area contributed by atoms with E-state index in [-0.39, 0.29) is 0 Å². The Morgan fingerprint density at radius 2 is 1.15 bits per heavy atom. The minimum atomic E-state index is 0.300. The third kappa shape index (κ3) is 5.96. The summed E-state index contributed by atoms with van der Waals surface area (Å²) in [5.41, 5.74) is 5.03. The normalized spacial score (nSPS) is 18.2. The minimum Gasteiger partial charge on any atom is -0.343 e. The Labute approximate surface area is 239 Å². The van der Waals surface area contributed by atoms with Crippen molar-refractivity contribution in [3.8, 4) is 0 Å². The van der Waals surface area contributed by atoms with Crippen LogP contribution < -0.4 is 4.90 Å². The number of rotatable bonds is 8. The van der Waals surface area contributed by atoms with Crippen molar-refractivity contribution in [2.45, 2.75) is 18.5 Å². The Bertz CT molecular complexity index is 1270. The summed E-state index contributed by atoms with van der Waals surface area (Å²) in [4.78, 5) is 15.1. The van der Waals surface area contributed by atoms with Crippen LogP contribution >= 0.6 is 0 Å². The monoisotopic (exact) mass is 529 g/mol. The number of benzene rings is 4. The van der Waals surface area contributed by atoms with Gasteiger partial charge in [0.1, 0.15) is 0 Å². The number of piperazine rings is 1. The molecule has 0 amide bonds. The van der Waals surface area contributed by atoms with Crippen LogP contribution in [0.15, 0.2) is 126 Å². The summed E-state index contributed by atoms with van der Waals surface area (Å²) in [7, 11) is 2.17. The van der Waals surface area contributed by atoms with Crippen LogP contribution in [0.25, 0.3) is 0 Å². The van der Waals surface area contributed by atoms with Gasteiger partial charge in [-0.1, -0.05) is 97.1 Å². The number of aliphatic imine (C=N–C) groups is 1. The van der Waals surface area contributed by atoms with Gasteiger partial charge in [-0.3, -0.25) is 9.80 Å². The van der Waals surface area contributed by atoms with Gasteiger partial charge in [0, 0.05) is 57.7 Å². The summed E-state index contributed by atoms with van der Waals surface area (Å²) in [6.07, 6.45) is 1.08. The molecule has 5 nitrogen and oxygen atoms in total. The van der Waals surface area contributed by atoms with Crippen molar-refractivity contribution in [3.63, 3.8) is 0 Å². The van der Waals surface area contributed by atoms with E-state index in [1.54, 1.807) is 0 Å². The Kier molecular flexibility index (Phi) is 8.22. The van der Waals surface area contributed by atoms with Crippen molar-refractivity contribution in [1.29, 1.82) is 0 Å². The number of guanidine groups is 1. The highest BCUT2D eigenvalue weighted by atomic mass is 15.4. The zero-order chi connectivity index (χ0) is 27.1. The molecule has 2 aliphatic heterocycles. The van der Waals surface area contributed by atoms with Crippen molar-refractivity contribution < 1.29 is 0 Å². The molecule has 2 aliphatic rings. The van der Waals surface area contributed by atoms with Gasteiger partial charge in [0.15, 0.2) is 0 Å². The van der Waals surface area contributed by atoms with Gasteiger partial charge < -0.3 is 9.80 Å². The van der Waals surface area contributed by atoms with Crippen LogP contribution in [0, 0.1) is 0 Å². The molecule has 6 rings (SSSR count). The second-order valence-corrected chi connectivity index (χ2v) is 10.9. The average molecular weight is 530 g/mol. The molecule has 2 heterocycles. The van der Waals surface area contributed by atoms with Gasteiger partial charge in [0.05, 0.1) is 12.1 Å². The molecule has 1 saturated heterocycles. The zero-order valence-corrected chi connectivity index (χ0v) is 23.4. The lowest BCUT2D eigenvalue weighted by Gasteiger charge is -2.40. The summed E-state index contributed by atoms with van der Waals surface area (Å²) in [6, 6.07) is 43.7. The van der Waals surface area contributed by atoms with Gasteiger partial charge in [-0.2, -0.15) is 0 Å². The lowest BCUT2D eigenvalue weighted by molar-refractivity contribution is 0.107. The SMILES string of the molecule is CN1CC(CCN2CCN(C(c3ccccc3)c3ccccc3)CC2)N=C1N(c1ccccc1)c1ccccc1. The van der Waals surface area contributed by atoms with Gasteiger partial charge in [0.25, 0.3) is 0 Å². The number of anilines is 2. The molecule has 1 fully saturated rings. The highest BCUT2D eigenvalue weighted by Gasteiger charge is 2.30. The highest BCUT2D eigenvalue weighted by Crippen LogP contribution is 2.31. The maximum absolute atomic E-state index is 5.26. The van der Waals surface area contributed by atoms with Gasteiger partial charge in [-0.15, -0.1) is 0 Å². The molecule has 0 N–H and O–H groups in total. The third-order valence-electron chi connectivity index (χ3n) is 8.13. The average Bonchev–Trinajstić information content (AvgIpc) is 3.39. The maximum Gasteiger partial charge on any atom is 0.206 e. The van der Waals surface area contributed by atoms with E-state index in [4.69, 9.17) is 4.99 Å². The molecule has 4 aromatic carbocycles. The molecular weight excluding hydrogens is 490 g/mol. The summed E-state index contributed by atoms with van der Waals surface area (Å²) < 4.78 is 0. The van der Waals surface area contributed by atoms with Gasteiger partial charge in [-0.25, -0.2) is 4.99 Å². The summed E-state index contributed by atoms with van der Waals surface area (Å²) in [6.45, 7) is 6.37. The van der Waals surface area contributed by atoms with E-state index in [9.17, 15) is 0 Å². The molecular formula is C35H39N5. The standard InChI is InChI=1S/C35H39N5/c1-37-28-31(36-35(37)40(32-18-10-4-11-19-32)33-20-12-5-13-21-33)22-23-38-24-26-39(27-25-38)34(29-14-6-2-7-15-29)30-16-8-3-9-17-30/h2-21,31,34H,22-28H2,1H3. The van der Waals surface area contributed by atoms with E-state index in [2.05, 4.69) is 148 Å². The van der Waals surface area contributed by atoms with Crippen molar-refractivity contribution in [2.24, 2.45) is 4.99 Å².